The molecule has 0 radical (unpaired) electrons. The molecule has 0 aliphatic carbocycles. The summed E-state index contributed by atoms with van der Waals surface area (Å²) in [6.45, 7) is 7.81. The smallest absolute Gasteiger partial charge is 0.196 e. The first kappa shape index (κ1) is 20.6. The van der Waals surface area contributed by atoms with E-state index in [1.54, 1.807) is 55.3 Å². The Bertz CT molecular complexity index is 1130. The van der Waals surface area contributed by atoms with Crippen LogP contribution in [0.1, 0.15) is 36.5 Å². The fourth-order valence-corrected chi connectivity index (χ4v) is 4.61. The number of sulfone groups is 1. The maximum atomic E-state index is 12.2. The van der Waals surface area contributed by atoms with Gasteiger partial charge in [-0.1, -0.05) is 37.8 Å². The number of hydrogen-bond acceptors (Lipinski definition) is 6. The van der Waals surface area contributed by atoms with Crippen molar-refractivity contribution in [3.8, 4) is 6.07 Å². The molecular weight excluding hydrogens is 384 g/mol. The zero-order valence-electron chi connectivity index (χ0n) is 16.8. The van der Waals surface area contributed by atoms with Gasteiger partial charge in [0.25, 0.3) is 0 Å². The number of nitrogens with zero attached hydrogens (tertiary/aromatic N) is 3. The summed E-state index contributed by atoms with van der Waals surface area (Å²) < 4.78 is 24.3. The molecule has 0 saturated carbocycles. The number of guanidine groups is 1. The first-order valence-electron chi connectivity index (χ1n) is 9.25. The Labute approximate surface area is 171 Å². The van der Waals surface area contributed by atoms with E-state index in [-0.39, 0.29) is 16.6 Å². The largest absolute Gasteiger partial charge is 0.370 e. The lowest BCUT2D eigenvalue weighted by molar-refractivity contribution is 0.349. The van der Waals surface area contributed by atoms with E-state index in [4.69, 9.17) is 10.7 Å². The third-order valence-corrected chi connectivity index (χ3v) is 7.30. The molecule has 3 rings (SSSR count). The Kier molecular flexibility index (Phi) is 5.24. The van der Waals surface area contributed by atoms with Gasteiger partial charge < -0.3 is 10.6 Å². The summed E-state index contributed by atoms with van der Waals surface area (Å²) in [5.41, 5.74) is 8.35. The predicted octanol–water partition coefficient (Wildman–Crippen LogP) is 3.12. The number of nitriles is 1. The van der Waals surface area contributed by atoms with Gasteiger partial charge in [-0.2, -0.15) is 5.26 Å². The highest BCUT2D eigenvalue weighted by Crippen LogP contribution is 2.47. The lowest BCUT2D eigenvalue weighted by Crippen LogP contribution is -2.47. The van der Waals surface area contributed by atoms with Crippen molar-refractivity contribution in [1.29, 1.82) is 5.26 Å². The summed E-state index contributed by atoms with van der Waals surface area (Å²) in [5.74, 6) is 0.0958. The van der Waals surface area contributed by atoms with Crippen LogP contribution in [0.5, 0.6) is 0 Å². The molecule has 0 spiro atoms. The van der Waals surface area contributed by atoms with Gasteiger partial charge in [0, 0.05) is 12.7 Å². The summed E-state index contributed by atoms with van der Waals surface area (Å²) in [6, 6.07) is 16.3. The lowest BCUT2D eigenvalue weighted by atomic mass is 9.73. The van der Waals surface area contributed by atoms with Crippen LogP contribution >= 0.6 is 0 Å². The average Bonchev–Trinajstić information content (AvgIpc) is 2.72. The first-order valence-corrected chi connectivity index (χ1v) is 10.9. The van der Waals surface area contributed by atoms with Gasteiger partial charge in [0.05, 0.1) is 33.7 Å². The SMILES string of the molecule is C=C1[C@@H](c2ccc(S(=O)(=O)CC)cc2)[C@@](C)(c2cccc(C#N)c2)N=C(N)N1C. The molecule has 7 heteroatoms. The topological polar surface area (TPSA) is 99.5 Å². The molecule has 6 nitrogen and oxygen atoms in total. The molecule has 2 atom stereocenters. The predicted molar refractivity (Wildman–Crippen MR) is 114 cm³/mol. The van der Waals surface area contributed by atoms with Crippen LogP contribution in [-0.4, -0.2) is 32.1 Å². The fourth-order valence-electron chi connectivity index (χ4n) is 3.73. The number of likely N-dealkylation sites (N-methyl/N-ethyl adjacent to an activating group) is 1. The van der Waals surface area contributed by atoms with Crippen molar-refractivity contribution in [3.63, 3.8) is 0 Å². The average molecular weight is 409 g/mol. The molecule has 0 amide bonds. The number of aliphatic imine (C=N–C) groups is 1. The van der Waals surface area contributed by atoms with Gasteiger partial charge in [0.2, 0.25) is 0 Å². The van der Waals surface area contributed by atoms with Crippen molar-refractivity contribution in [2.24, 2.45) is 10.7 Å². The molecule has 150 valence electrons. The second kappa shape index (κ2) is 7.37. The fraction of sp³-hybridized carbons (Fsp3) is 0.273. The lowest BCUT2D eigenvalue weighted by Gasteiger charge is -2.44. The highest BCUT2D eigenvalue weighted by Gasteiger charge is 2.44. The minimum Gasteiger partial charge on any atom is -0.370 e. The normalized spacial score (nSPS) is 22.1. The van der Waals surface area contributed by atoms with E-state index in [2.05, 4.69) is 12.6 Å². The van der Waals surface area contributed by atoms with E-state index in [0.717, 1.165) is 16.8 Å². The molecule has 1 heterocycles. The van der Waals surface area contributed by atoms with Crippen LogP contribution in [0.2, 0.25) is 0 Å². The van der Waals surface area contributed by atoms with Crippen LogP contribution in [0.25, 0.3) is 0 Å². The molecule has 1 aliphatic heterocycles. The summed E-state index contributed by atoms with van der Waals surface area (Å²) in [5, 5.41) is 9.31. The minimum atomic E-state index is -3.29. The molecule has 2 N–H and O–H groups in total. The van der Waals surface area contributed by atoms with Gasteiger partial charge in [-0.25, -0.2) is 13.4 Å². The summed E-state index contributed by atoms with van der Waals surface area (Å²) in [6.07, 6.45) is 0. The Morgan fingerprint density at radius 3 is 2.52 bits per heavy atom. The van der Waals surface area contributed by atoms with E-state index in [0.29, 0.717) is 11.5 Å². The monoisotopic (exact) mass is 408 g/mol. The molecule has 0 bridgehead atoms. The molecule has 29 heavy (non-hydrogen) atoms. The highest BCUT2D eigenvalue weighted by molar-refractivity contribution is 7.91. The molecule has 0 aromatic heterocycles. The van der Waals surface area contributed by atoms with Crippen molar-refractivity contribution in [2.75, 3.05) is 12.8 Å². The maximum absolute atomic E-state index is 12.2. The van der Waals surface area contributed by atoms with Crippen molar-refractivity contribution in [1.82, 2.24) is 4.90 Å². The molecular formula is C22H24N4O2S. The second-order valence-corrected chi connectivity index (χ2v) is 9.54. The van der Waals surface area contributed by atoms with Crippen LogP contribution < -0.4 is 5.73 Å². The van der Waals surface area contributed by atoms with Crippen LogP contribution in [-0.2, 0) is 15.4 Å². The van der Waals surface area contributed by atoms with Crippen LogP contribution in [0.4, 0.5) is 0 Å². The molecule has 0 unspecified atom stereocenters. The van der Waals surface area contributed by atoms with E-state index >= 15 is 0 Å². The van der Waals surface area contributed by atoms with Crippen molar-refractivity contribution >= 4 is 15.8 Å². The highest BCUT2D eigenvalue weighted by atomic mass is 32.2. The van der Waals surface area contributed by atoms with Gasteiger partial charge in [-0.05, 0) is 42.3 Å². The van der Waals surface area contributed by atoms with Gasteiger partial charge in [0.1, 0.15) is 0 Å². The number of benzene rings is 2. The van der Waals surface area contributed by atoms with Crippen molar-refractivity contribution < 1.29 is 8.42 Å². The standard InChI is InChI=1S/C22H24N4O2S/c1-5-29(27,28)19-11-9-17(10-12-19)20-15(2)26(4)21(24)25-22(20,3)18-8-6-7-16(13-18)14-23/h6-13,20H,2,5H2,1,3-4H3,(H2,24,25)/t20-,22+/m0/s1. The maximum Gasteiger partial charge on any atom is 0.196 e. The van der Waals surface area contributed by atoms with Crippen molar-refractivity contribution in [3.05, 3.63) is 77.5 Å². The van der Waals surface area contributed by atoms with Gasteiger partial charge in [-0.15, -0.1) is 0 Å². The summed E-state index contributed by atoms with van der Waals surface area (Å²) >= 11 is 0. The Morgan fingerprint density at radius 2 is 1.93 bits per heavy atom. The molecule has 1 aliphatic rings. The van der Waals surface area contributed by atoms with Crippen molar-refractivity contribution in [2.45, 2.75) is 30.2 Å². The van der Waals surface area contributed by atoms with E-state index in [1.807, 2.05) is 19.1 Å². The van der Waals surface area contributed by atoms with Crippen LogP contribution in [0.3, 0.4) is 0 Å². The molecule has 0 fully saturated rings. The zero-order valence-corrected chi connectivity index (χ0v) is 17.6. The molecule has 0 saturated heterocycles. The van der Waals surface area contributed by atoms with Gasteiger partial charge >= 0.3 is 0 Å². The Hall–Kier alpha value is -3.11. The van der Waals surface area contributed by atoms with Crippen LogP contribution in [0, 0.1) is 11.3 Å². The minimum absolute atomic E-state index is 0.0463. The van der Waals surface area contributed by atoms with E-state index in [1.165, 1.54) is 0 Å². The third-order valence-electron chi connectivity index (χ3n) is 5.55. The van der Waals surface area contributed by atoms with Gasteiger partial charge in [-0.3, -0.25) is 0 Å². The van der Waals surface area contributed by atoms with E-state index < -0.39 is 15.4 Å². The second-order valence-electron chi connectivity index (χ2n) is 7.27. The van der Waals surface area contributed by atoms with Crippen LogP contribution in [0.15, 0.2) is 70.7 Å². The Morgan fingerprint density at radius 1 is 1.28 bits per heavy atom. The number of nitrogens with two attached hydrogens (primary N) is 1. The number of rotatable bonds is 4. The zero-order chi connectivity index (χ0) is 21.4. The summed E-state index contributed by atoms with van der Waals surface area (Å²) in [4.78, 5) is 6.79. The quantitative estimate of drug-likeness (QED) is 0.838. The first-order chi connectivity index (χ1) is 13.6. The summed E-state index contributed by atoms with van der Waals surface area (Å²) in [7, 11) is -1.48. The van der Waals surface area contributed by atoms with E-state index in [9.17, 15) is 13.7 Å². The molecule has 2 aromatic rings. The Balaban J connectivity index is 2.18. The van der Waals surface area contributed by atoms with Gasteiger partial charge in [0.15, 0.2) is 15.8 Å². The number of hydrogen-bond donors (Lipinski definition) is 1. The third kappa shape index (κ3) is 3.52. The molecule has 2 aromatic carbocycles.